The van der Waals surface area contributed by atoms with Crippen LogP contribution in [0.1, 0.15) is 19.8 Å². The van der Waals surface area contributed by atoms with Gasteiger partial charge < -0.3 is 16.2 Å². The Labute approximate surface area is 66.8 Å². The molecule has 0 fully saturated rings. The minimum absolute atomic E-state index is 0.201. The summed E-state index contributed by atoms with van der Waals surface area (Å²) in [6.45, 7) is 2.65. The number of hydrogen-bond donors (Lipinski definition) is 3. The highest BCUT2D eigenvalue weighted by atomic mass is 16.2. The van der Waals surface area contributed by atoms with Crippen molar-refractivity contribution in [3.05, 3.63) is 0 Å². The second kappa shape index (κ2) is 6.12. The molecule has 0 aliphatic heterocycles. The number of nitrogens with two attached hydrogens (primary N) is 1. The van der Waals surface area contributed by atoms with Crippen LogP contribution >= 0.6 is 0 Å². The molecule has 0 radical (unpaired) electrons. The molecule has 0 bridgehead atoms. The molecule has 1 unspecified atom stereocenters. The van der Waals surface area contributed by atoms with Gasteiger partial charge in [0.25, 0.3) is 0 Å². The zero-order chi connectivity index (χ0) is 8.69. The third-order valence-electron chi connectivity index (χ3n) is 1.46. The summed E-state index contributed by atoms with van der Waals surface area (Å²) < 4.78 is 0. The molecule has 11 heavy (non-hydrogen) atoms. The minimum atomic E-state index is -0.339. The van der Waals surface area contributed by atoms with E-state index in [1.54, 1.807) is 6.92 Å². The van der Waals surface area contributed by atoms with Gasteiger partial charge in [-0.05, 0) is 26.3 Å². The number of hydrogen-bond acceptors (Lipinski definition) is 3. The zero-order valence-electron chi connectivity index (χ0n) is 6.84. The van der Waals surface area contributed by atoms with E-state index in [0.29, 0.717) is 0 Å². The third-order valence-corrected chi connectivity index (χ3v) is 1.46. The maximum atomic E-state index is 10.5. The predicted molar refractivity (Wildman–Crippen MR) is 43.0 cm³/mol. The molecule has 4 nitrogen and oxygen atoms in total. The number of aliphatic hydroxyl groups is 1. The molecule has 0 heterocycles. The number of unbranched alkanes of at least 4 members (excludes halogenated alkanes) is 1. The van der Waals surface area contributed by atoms with E-state index in [2.05, 4.69) is 5.32 Å². The predicted octanol–water partition coefficient (Wildman–Crippen LogP) is -0.778. The molecule has 0 saturated heterocycles. The van der Waals surface area contributed by atoms with Crippen molar-refractivity contribution in [2.45, 2.75) is 25.8 Å². The standard InChI is InChI=1S/C7H16N2O2/c1-6(7(8)11)9-4-2-3-5-10/h6,9-10H,2-5H2,1H3,(H2,8,11). The average molecular weight is 160 g/mol. The lowest BCUT2D eigenvalue weighted by Crippen LogP contribution is -2.39. The fourth-order valence-electron chi connectivity index (χ4n) is 0.656. The van der Waals surface area contributed by atoms with Gasteiger partial charge >= 0.3 is 0 Å². The van der Waals surface area contributed by atoms with E-state index >= 15 is 0 Å². The monoisotopic (exact) mass is 160 g/mol. The summed E-state index contributed by atoms with van der Waals surface area (Å²) >= 11 is 0. The van der Waals surface area contributed by atoms with Crippen LogP contribution in [0.4, 0.5) is 0 Å². The molecule has 0 aliphatic carbocycles. The van der Waals surface area contributed by atoms with Gasteiger partial charge in [-0.3, -0.25) is 4.79 Å². The Hall–Kier alpha value is -0.610. The quantitative estimate of drug-likeness (QED) is 0.446. The van der Waals surface area contributed by atoms with Crippen LogP contribution in [-0.4, -0.2) is 30.2 Å². The summed E-state index contributed by atoms with van der Waals surface area (Å²) in [6, 6.07) is -0.270. The molecule has 1 atom stereocenters. The van der Waals surface area contributed by atoms with E-state index in [-0.39, 0.29) is 18.6 Å². The van der Waals surface area contributed by atoms with Crippen molar-refractivity contribution in [2.75, 3.05) is 13.2 Å². The van der Waals surface area contributed by atoms with Gasteiger partial charge in [-0.15, -0.1) is 0 Å². The summed E-state index contributed by atoms with van der Waals surface area (Å²) in [7, 11) is 0. The number of carbonyl (C=O) groups is 1. The summed E-state index contributed by atoms with van der Waals surface area (Å²) in [6.07, 6.45) is 1.63. The number of amides is 1. The summed E-state index contributed by atoms with van der Waals surface area (Å²) in [4.78, 5) is 10.5. The molecule has 0 aromatic rings. The number of primary amides is 1. The van der Waals surface area contributed by atoms with Crippen molar-refractivity contribution in [2.24, 2.45) is 5.73 Å². The van der Waals surface area contributed by atoms with Gasteiger partial charge in [-0.25, -0.2) is 0 Å². The van der Waals surface area contributed by atoms with Crippen LogP contribution in [0.25, 0.3) is 0 Å². The van der Waals surface area contributed by atoms with Gasteiger partial charge in [-0.1, -0.05) is 0 Å². The number of aliphatic hydroxyl groups excluding tert-OH is 1. The van der Waals surface area contributed by atoms with Crippen LogP contribution in [0.15, 0.2) is 0 Å². The number of rotatable bonds is 6. The Bertz CT molecular complexity index is 117. The first-order chi connectivity index (χ1) is 5.18. The SMILES string of the molecule is CC(NCCCCO)C(N)=O. The van der Waals surface area contributed by atoms with E-state index < -0.39 is 0 Å². The van der Waals surface area contributed by atoms with Crippen molar-refractivity contribution in [3.8, 4) is 0 Å². The van der Waals surface area contributed by atoms with E-state index in [4.69, 9.17) is 10.8 Å². The summed E-state index contributed by atoms with van der Waals surface area (Å²) in [5.74, 6) is -0.339. The Morgan fingerprint density at radius 2 is 2.27 bits per heavy atom. The van der Waals surface area contributed by atoms with Crippen LogP contribution in [0.2, 0.25) is 0 Å². The molecule has 0 rings (SSSR count). The smallest absolute Gasteiger partial charge is 0.234 e. The van der Waals surface area contributed by atoms with E-state index in [1.165, 1.54) is 0 Å². The molecule has 0 aromatic carbocycles. The summed E-state index contributed by atoms with van der Waals surface area (Å²) in [5, 5.41) is 11.4. The Morgan fingerprint density at radius 3 is 2.73 bits per heavy atom. The van der Waals surface area contributed by atoms with Crippen molar-refractivity contribution in [3.63, 3.8) is 0 Å². The topological polar surface area (TPSA) is 75.3 Å². The highest BCUT2D eigenvalue weighted by Crippen LogP contribution is 1.85. The van der Waals surface area contributed by atoms with Crippen LogP contribution in [-0.2, 0) is 4.79 Å². The Morgan fingerprint density at radius 1 is 1.64 bits per heavy atom. The normalized spacial score (nSPS) is 12.9. The molecule has 0 saturated carbocycles. The number of nitrogens with one attached hydrogen (secondary N) is 1. The Kier molecular flexibility index (Phi) is 5.78. The minimum Gasteiger partial charge on any atom is -0.396 e. The molecule has 4 N–H and O–H groups in total. The molecule has 0 spiro atoms. The lowest BCUT2D eigenvalue weighted by atomic mass is 10.3. The van der Waals surface area contributed by atoms with Crippen LogP contribution in [0, 0.1) is 0 Å². The lowest BCUT2D eigenvalue weighted by Gasteiger charge is -2.08. The molecule has 0 aromatic heterocycles. The maximum absolute atomic E-state index is 10.5. The van der Waals surface area contributed by atoms with Crippen molar-refractivity contribution < 1.29 is 9.90 Å². The van der Waals surface area contributed by atoms with Gasteiger partial charge in [0.15, 0.2) is 0 Å². The molecular formula is C7H16N2O2. The molecule has 0 aliphatic rings. The van der Waals surface area contributed by atoms with Gasteiger partial charge in [0.05, 0.1) is 6.04 Å². The van der Waals surface area contributed by atoms with E-state index in [9.17, 15) is 4.79 Å². The van der Waals surface area contributed by atoms with Crippen LogP contribution < -0.4 is 11.1 Å². The Balaban J connectivity index is 3.17. The lowest BCUT2D eigenvalue weighted by molar-refractivity contribution is -0.119. The molecule has 4 heteroatoms. The van der Waals surface area contributed by atoms with E-state index in [0.717, 1.165) is 19.4 Å². The van der Waals surface area contributed by atoms with Gasteiger partial charge in [0.1, 0.15) is 0 Å². The van der Waals surface area contributed by atoms with Crippen molar-refractivity contribution in [1.29, 1.82) is 0 Å². The van der Waals surface area contributed by atoms with Crippen LogP contribution in [0.3, 0.4) is 0 Å². The molecule has 66 valence electrons. The second-order valence-electron chi connectivity index (χ2n) is 2.51. The van der Waals surface area contributed by atoms with Crippen LogP contribution in [0.5, 0.6) is 0 Å². The van der Waals surface area contributed by atoms with Crippen molar-refractivity contribution in [1.82, 2.24) is 5.32 Å². The van der Waals surface area contributed by atoms with Gasteiger partial charge in [0, 0.05) is 6.61 Å². The molecule has 1 amide bonds. The fourth-order valence-corrected chi connectivity index (χ4v) is 0.656. The zero-order valence-corrected chi connectivity index (χ0v) is 6.84. The van der Waals surface area contributed by atoms with E-state index in [1.807, 2.05) is 0 Å². The first-order valence-electron chi connectivity index (χ1n) is 3.82. The largest absolute Gasteiger partial charge is 0.396 e. The maximum Gasteiger partial charge on any atom is 0.234 e. The first-order valence-corrected chi connectivity index (χ1v) is 3.82. The summed E-state index contributed by atoms with van der Waals surface area (Å²) in [5.41, 5.74) is 5.00. The first kappa shape index (κ1) is 10.4. The van der Waals surface area contributed by atoms with Crippen molar-refractivity contribution >= 4 is 5.91 Å². The van der Waals surface area contributed by atoms with Gasteiger partial charge in [0.2, 0.25) is 5.91 Å². The highest BCUT2D eigenvalue weighted by Gasteiger charge is 2.05. The van der Waals surface area contributed by atoms with Gasteiger partial charge in [-0.2, -0.15) is 0 Å². The number of carbonyl (C=O) groups excluding carboxylic acids is 1. The second-order valence-corrected chi connectivity index (χ2v) is 2.51. The highest BCUT2D eigenvalue weighted by molar-refractivity contribution is 5.79. The third kappa shape index (κ3) is 5.82. The fraction of sp³-hybridized carbons (Fsp3) is 0.857. The molecular weight excluding hydrogens is 144 g/mol. The average Bonchev–Trinajstić information content (AvgIpc) is 1.97.